The van der Waals surface area contributed by atoms with Crippen LogP contribution in [0.15, 0.2) is 84.9 Å². The van der Waals surface area contributed by atoms with Crippen LogP contribution in [0.3, 0.4) is 0 Å². The molecule has 0 aliphatic carbocycles. The molecule has 24 heavy (non-hydrogen) atoms. The van der Waals surface area contributed by atoms with Crippen LogP contribution >= 0.6 is 0 Å². The molecule has 5 rings (SSSR count). The normalized spacial score (nSPS) is 11.5. The number of ether oxygens (including phenoxy) is 1. The fraction of sp³-hybridized carbons (Fsp3) is 0.0435. The summed E-state index contributed by atoms with van der Waals surface area (Å²) in [4.78, 5) is 0. The molecule has 0 N–H and O–H groups in total. The molecule has 0 radical (unpaired) electrons. The van der Waals surface area contributed by atoms with Gasteiger partial charge in [0.1, 0.15) is 12.4 Å². The van der Waals surface area contributed by atoms with E-state index in [0.29, 0.717) is 6.61 Å². The van der Waals surface area contributed by atoms with Crippen LogP contribution in [-0.4, -0.2) is 0 Å². The number of hydrogen-bond acceptors (Lipinski definition) is 1. The first-order valence-corrected chi connectivity index (χ1v) is 8.23. The Hall–Kier alpha value is -3.06. The van der Waals surface area contributed by atoms with Crippen LogP contribution in [0.2, 0.25) is 0 Å². The lowest BCUT2D eigenvalue weighted by Crippen LogP contribution is -1.96. The van der Waals surface area contributed by atoms with Gasteiger partial charge in [0.25, 0.3) is 0 Å². The molecule has 5 aromatic carbocycles. The number of rotatable bonds is 3. The van der Waals surface area contributed by atoms with E-state index in [2.05, 4.69) is 66.7 Å². The van der Waals surface area contributed by atoms with Crippen molar-refractivity contribution in [1.82, 2.24) is 0 Å². The van der Waals surface area contributed by atoms with E-state index in [1.54, 1.807) is 0 Å². The maximum absolute atomic E-state index is 6.15. The zero-order chi connectivity index (χ0) is 15.9. The van der Waals surface area contributed by atoms with E-state index >= 15 is 0 Å². The van der Waals surface area contributed by atoms with Crippen LogP contribution < -0.4 is 4.74 Å². The lowest BCUT2D eigenvalue weighted by molar-refractivity contribution is 0.310. The quantitative estimate of drug-likeness (QED) is 0.362. The van der Waals surface area contributed by atoms with E-state index in [-0.39, 0.29) is 0 Å². The van der Waals surface area contributed by atoms with Gasteiger partial charge in [0.2, 0.25) is 0 Å². The lowest BCUT2D eigenvalue weighted by atomic mass is 9.94. The average Bonchev–Trinajstić information content (AvgIpc) is 2.66. The molecule has 0 atom stereocenters. The van der Waals surface area contributed by atoms with Crippen LogP contribution in [0.5, 0.6) is 5.75 Å². The standard InChI is InChI=1S/C23H16O/c1-2-5-16(6-3-1)15-24-21-14-12-19-10-9-17-7-4-8-18-11-13-20(21)23(19)22(17)18/h1-14H,15H2. The van der Waals surface area contributed by atoms with Crippen molar-refractivity contribution in [3.63, 3.8) is 0 Å². The highest BCUT2D eigenvalue weighted by Gasteiger charge is 2.11. The molecular formula is C23H16O. The summed E-state index contributed by atoms with van der Waals surface area (Å²) in [6, 6.07) is 29.8. The third-order valence-corrected chi connectivity index (χ3v) is 4.73. The SMILES string of the molecule is c1ccc(COc2ccc3ccc4cccc5ccc2c3c45)cc1. The summed E-state index contributed by atoms with van der Waals surface area (Å²) in [5.74, 6) is 0.949. The largest absolute Gasteiger partial charge is 0.488 e. The molecule has 5 aromatic rings. The van der Waals surface area contributed by atoms with Crippen molar-refractivity contribution in [1.29, 1.82) is 0 Å². The highest BCUT2D eigenvalue weighted by atomic mass is 16.5. The predicted octanol–water partition coefficient (Wildman–Crippen LogP) is 6.16. The maximum atomic E-state index is 6.15. The van der Waals surface area contributed by atoms with Crippen molar-refractivity contribution in [3.05, 3.63) is 90.5 Å². The Morgan fingerprint density at radius 2 is 1.21 bits per heavy atom. The maximum Gasteiger partial charge on any atom is 0.127 e. The molecular weight excluding hydrogens is 292 g/mol. The minimum Gasteiger partial charge on any atom is -0.488 e. The minimum absolute atomic E-state index is 0.588. The van der Waals surface area contributed by atoms with Crippen LogP contribution in [-0.2, 0) is 6.61 Å². The highest BCUT2D eigenvalue weighted by molar-refractivity contribution is 6.24. The van der Waals surface area contributed by atoms with E-state index in [4.69, 9.17) is 4.74 Å². The van der Waals surface area contributed by atoms with E-state index in [9.17, 15) is 0 Å². The van der Waals surface area contributed by atoms with Gasteiger partial charge in [-0.15, -0.1) is 0 Å². The second kappa shape index (κ2) is 5.24. The van der Waals surface area contributed by atoms with Crippen molar-refractivity contribution >= 4 is 32.3 Å². The molecule has 0 heterocycles. The Morgan fingerprint density at radius 3 is 2.00 bits per heavy atom. The van der Waals surface area contributed by atoms with E-state index in [0.717, 1.165) is 5.75 Å². The molecule has 1 heteroatoms. The fourth-order valence-corrected chi connectivity index (χ4v) is 3.57. The van der Waals surface area contributed by atoms with Crippen LogP contribution in [0.1, 0.15) is 5.56 Å². The van der Waals surface area contributed by atoms with E-state index in [1.807, 2.05) is 18.2 Å². The van der Waals surface area contributed by atoms with Crippen LogP contribution in [0.25, 0.3) is 32.3 Å². The molecule has 1 nitrogen and oxygen atoms in total. The zero-order valence-corrected chi connectivity index (χ0v) is 13.2. The topological polar surface area (TPSA) is 9.23 Å². The fourth-order valence-electron chi connectivity index (χ4n) is 3.57. The minimum atomic E-state index is 0.588. The van der Waals surface area contributed by atoms with Gasteiger partial charge in [-0.25, -0.2) is 0 Å². The predicted molar refractivity (Wildman–Crippen MR) is 101 cm³/mol. The van der Waals surface area contributed by atoms with Gasteiger partial charge in [-0.2, -0.15) is 0 Å². The second-order valence-electron chi connectivity index (χ2n) is 6.19. The summed E-state index contributed by atoms with van der Waals surface area (Å²) >= 11 is 0. The van der Waals surface area contributed by atoms with Gasteiger partial charge in [0.15, 0.2) is 0 Å². The molecule has 114 valence electrons. The molecule has 0 bridgehead atoms. The first-order valence-electron chi connectivity index (χ1n) is 8.23. The Balaban J connectivity index is 1.69. The van der Waals surface area contributed by atoms with Gasteiger partial charge in [-0.05, 0) is 39.2 Å². The van der Waals surface area contributed by atoms with Gasteiger partial charge >= 0.3 is 0 Å². The van der Waals surface area contributed by atoms with Crippen molar-refractivity contribution < 1.29 is 4.74 Å². The summed E-state index contributed by atoms with van der Waals surface area (Å²) in [6.45, 7) is 0.588. The van der Waals surface area contributed by atoms with Crippen molar-refractivity contribution in [2.24, 2.45) is 0 Å². The summed E-state index contributed by atoms with van der Waals surface area (Å²) in [7, 11) is 0. The summed E-state index contributed by atoms with van der Waals surface area (Å²) in [5, 5.41) is 7.65. The summed E-state index contributed by atoms with van der Waals surface area (Å²) in [6.07, 6.45) is 0. The van der Waals surface area contributed by atoms with E-state index < -0.39 is 0 Å². The molecule has 0 saturated heterocycles. The molecule has 0 fully saturated rings. The third kappa shape index (κ3) is 2.02. The third-order valence-electron chi connectivity index (χ3n) is 4.73. The Morgan fingerprint density at radius 1 is 0.542 bits per heavy atom. The van der Waals surface area contributed by atoms with Gasteiger partial charge in [0, 0.05) is 10.8 Å². The van der Waals surface area contributed by atoms with Gasteiger partial charge in [-0.3, -0.25) is 0 Å². The van der Waals surface area contributed by atoms with Crippen molar-refractivity contribution in [2.45, 2.75) is 6.61 Å². The van der Waals surface area contributed by atoms with Crippen LogP contribution in [0.4, 0.5) is 0 Å². The van der Waals surface area contributed by atoms with Crippen molar-refractivity contribution in [3.8, 4) is 5.75 Å². The van der Waals surface area contributed by atoms with Gasteiger partial charge < -0.3 is 4.74 Å². The molecule has 0 saturated carbocycles. The first kappa shape index (κ1) is 13.4. The molecule has 0 amide bonds. The summed E-state index contributed by atoms with van der Waals surface area (Å²) < 4.78 is 6.15. The zero-order valence-electron chi connectivity index (χ0n) is 13.2. The highest BCUT2D eigenvalue weighted by Crippen LogP contribution is 2.38. The molecule has 0 aliphatic heterocycles. The first-order chi connectivity index (χ1) is 11.9. The van der Waals surface area contributed by atoms with Gasteiger partial charge in [-0.1, -0.05) is 72.8 Å². The van der Waals surface area contributed by atoms with Crippen LogP contribution in [0, 0.1) is 0 Å². The average molecular weight is 308 g/mol. The number of hydrogen-bond donors (Lipinski definition) is 0. The van der Waals surface area contributed by atoms with E-state index in [1.165, 1.54) is 37.9 Å². The number of benzene rings is 5. The molecule has 0 aromatic heterocycles. The second-order valence-corrected chi connectivity index (χ2v) is 6.19. The molecule has 0 spiro atoms. The molecule has 0 unspecified atom stereocenters. The monoisotopic (exact) mass is 308 g/mol. The van der Waals surface area contributed by atoms with Crippen molar-refractivity contribution in [2.75, 3.05) is 0 Å². The van der Waals surface area contributed by atoms with Gasteiger partial charge in [0.05, 0.1) is 0 Å². The lowest BCUT2D eigenvalue weighted by Gasteiger charge is -2.14. The summed E-state index contributed by atoms with van der Waals surface area (Å²) in [5.41, 5.74) is 1.18. The Kier molecular flexibility index (Phi) is 2.92. The smallest absolute Gasteiger partial charge is 0.127 e. The Bertz CT molecular complexity index is 1130. The molecule has 0 aliphatic rings. The Labute approximate surface area is 140 Å².